The Kier molecular flexibility index (Phi) is 4.74. The molecule has 1 saturated heterocycles. The van der Waals surface area contributed by atoms with Crippen LogP contribution in [0.15, 0.2) is 16.5 Å². The summed E-state index contributed by atoms with van der Waals surface area (Å²) in [5, 5.41) is 0. The van der Waals surface area contributed by atoms with Crippen LogP contribution < -0.4 is 11.3 Å². The quantitative estimate of drug-likeness (QED) is 0.461. The Morgan fingerprint density at radius 1 is 1.44 bits per heavy atom. The first-order chi connectivity index (χ1) is 8.79. The highest BCUT2D eigenvalue weighted by Gasteiger charge is 2.14. The van der Waals surface area contributed by atoms with E-state index >= 15 is 0 Å². The van der Waals surface area contributed by atoms with Gasteiger partial charge in [0.05, 0.1) is 6.61 Å². The zero-order chi connectivity index (χ0) is 12.8. The van der Waals surface area contributed by atoms with Crippen LogP contribution in [0.2, 0.25) is 0 Å². The van der Waals surface area contributed by atoms with Crippen LogP contribution in [-0.4, -0.2) is 25.7 Å². The van der Waals surface area contributed by atoms with Crippen molar-refractivity contribution in [3.63, 3.8) is 0 Å². The van der Waals surface area contributed by atoms with Gasteiger partial charge in [-0.05, 0) is 30.9 Å². The van der Waals surface area contributed by atoms with Crippen LogP contribution in [0.5, 0.6) is 0 Å². The number of hydrogen-bond acceptors (Lipinski definition) is 5. The maximum Gasteiger partial charge on any atom is 0.300 e. The SMILES string of the molecule is NNC(=O)c1ccc(COCC2CCOCC2)o1. The van der Waals surface area contributed by atoms with E-state index in [4.69, 9.17) is 19.7 Å². The highest BCUT2D eigenvalue weighted by atomic mass is 16.5. The summed E-state index contributed by atoms with van der Waals surface area (Å²) in [6.45, 7) is 2.70. The minimum Gasteiger partial charge on any atom is -0.453 e. The lowest BCUT2D eigenvalue weighted by molar-refractivity contribution is 0.0118. The van der Waals surface area contributed by atoms with Gasteiger partial charge in [-0.15, -0.1) is 0 Å². The molecular weight excluding hydrogens is 236 g/mol. The van der Waals surface area contributed by atoms with Crippen molar-refractivity contribution in [1.29, 1.82) is 0 Å². The Labute approximate surface area is 105 Å². The van der Waals surface area contributed by atoms with Gasteiger partial charge in [0.1, 0.15) is 12.4 Å². The van der Waals surface area contributed by atoms with Gasteiger partial charge in [-0.2, -0.15) is 0 Å². The number of nitrogens with one attached hydrogen (secondary N) is 1. The van der Waals surface area contributed by atoms with Crippen LogP contribution in [-0.2, 0) is 16.1 Å². The number of hydrogen-bond donors (Lipinski definition) is 2. The average Bonchev–Trinajstić information content (AvgIpc) is 2.88. The molecule has 1 aliphatic rings. The van der Waals surface area contributed by atoms with Crippen molar-refractivity contribution in [2.45, 2.75) is 19.4 Å². The van der Waals surface area contributed by atoms with Crippen molar-refractivity contribution in [2.24, 2.45) is 11.8 Å². The monoisotopic (exact) mass is 254 g/mol. The van der Waals surface area contributed by atoms with Crippen molar-refractivity contribution in [1.82, 2.24) is 5.43 Å². The molecule has 18 heavy (non-hydrogen) atoms. The third kappa shape index (κ3) is 3.56. The molecule has 6 nitrogen and oxygen atoms in total. The Morgan fingerprint density at radius 2 is 2.22 bits per heavy atom. The van der Waals surface area contributed by atoms with Gasteiger partial charge in [-0.3, -0.25) is 10.2 Å². The van der Waals surface area contributed by atoms with Crippen LogP contribution >= 0.6 is 0 Å². The lowest BCUT2D eigenvalue weighted by Gasteiger charge is -2.21. The number of furan rings is 1. The molecule has 0 aliphatic carbocycles. The highest BCUT2D eigenvalue weighted by Crippen LogP contribution is 2.16. The Bertz CT molecular complexity index is 385. The van der Waals surface area contributed by atoms with Gasteiger partial charge in [0.15, 0.2) is 5.76 Å². The summed E-state index contributed by atoms with van der Waals surface area (Å²) in [5.41, 5.74) is 2.01. The second-order valence-electron chi connectivity index (χ2n) is 4.31. The number of nitrogens with two attached hydrogens (primary N) is 1. The van der Waals surface area contributed by atoms with Crippen LogP contribution in [0.4, 0.5) is 0 Å². The Hall–Kier alpha value is -1.37. The number of carbonyl (C=O) groups is 1. The molecule has 1 aliphatic heterocycles. The number of hydrazine groups is 1. The number of amides is 1. The maximum atomic E-state index is 11.2. The normalized spacial score (nSPS) is 16.7. The van der Waals surface area contributed by atoms with Gasteiger partial charge in [-0.25, -0.2) is 5.84 Å². The van der Waals surface area contributed by atoms with Crippen molar-refractivity contribution >= 4 is 5.91 Å². The van der Waals surface area contributed by atoms with Gasteiger partial charge < -0.3 is 13.9 Å². The van der Waals surface area contributed by atoms with E-state index in [2.05, 4.69) is 0 Å². The average molecular weight is 254 g/mol. The fourth-order valence-electron chi connectivity index (χ4n) is 1.89. The minimum atomic E-state index is -0.439. The lowest BCUT2D eigenvalue weighted by atomic mass is 10.0. The summed E-state index contributed by atoms with van der Waals surface area (Å²) >= 11 is 0. The van der Waals surface area contributed by atoms with Crippen LogP contribution in [0.3, 0.4) is 0 Å². The van der Waals surface area contributed by atoms with E-state index in [1.807, 2.05) is 5.43 Å². The standard InChI is InChI=1S/C12H18N2O4/c13-14-12(15)11-2-1-10(18-11)8-17-7-9-3-5-16-6-4-9/h1-2,9H,3-8,13H2,(H,14,15). The molecule has 1 amide bonds. The van der Waals surface area contributed by atoms with E-state index < -0.39 is 5.91 Å². The summed E-state index contributed by atoms with van der Waals surface area (Å²) in [7, 11) is 0. The molecule has 2 heterocycles. The van der Waals surface area contributed by atoms with Crippen molar-refractivity contribution in [2.75, 3.05) is 19.8 Å². The number of ether oxygens (including phenoxy) is 2. The zero-order valence-corrected chi connectivity index (χ0v) is 10.2. The van der Waals surface area contributed by atoms with Crippen LogP contribution in [0, 0.1) is 5.92 Å². The lowest BCUT2D eigenvalue weighted by Crippen LogP contribution is -2.29. The topological polar surface area (TPSA) is 86.7 Å². The summed E-state index contributed by atoms with van der Waals surface area (Å²) in [5.74, 6) is 5.95. The smallest absolute Gasteiger partial charge is 0.300 e. The molecule has 0 spiro atoms. The first kappa shape index (κ1) is 13.1. The van der Waals surface area contributed by atoms with E-state index in [-0.39, 0.29) is 5.76 Å². The predicted molar refractivity (Wildman–Crippen MR) is 63.6 cm³/mol. The van der Waals surface area contributed by atoms with E-state index in [1.165, 1.54) is 0 Å². The third-order valence-corrected chi connectivity index (χ3v) is 2.96. The molecule has 6 heteroatoms. The van der Waals surface area contributed by atoms with E-state index in [0.29, 0.717) is 24.9 Å². The van der Waals surface area contributed by atoms with E-state index in [0.717, 1.165) is 26.1 Å². The highest BCUT2D eigenvalue weighted by molar-refractivity contribution is 5.90. The van der Waals surface area contributed by atoms with Crippen molar-refractivity contribution in [3.05, 3.63) is 23.7 Å². The Balaban J connectivity index is 1.72. The Morgan fingerprint density at radius 3 is 2.94 bits per heavy atom. The number of nitrogen functional groups attached to an aromatic ring is 1. The third-order valence-electron chi connectivity index (χ3n) is 2.96. The molecule has 1 fully saturated rings. The van der Waals surface area contributed by atoms with Gasteiger partial charge in [0.25, 0.3) is 0 Å². The molecule has 3 N–H and O–H groups in total. The minimum absolute atomic E-state index is 0.196. The fraction of sp³-hybridized carbons (Fsp3) is 0.583. The van der Waals surface area contributed by atoms with E-state index in [9.17, 15) is 4.79 Å². The molecule has 0 bridgehead atoms. The molecule has 1 aromatic rings. The second-order valence-corrected chi connectivity index (χ2v) is 4.31. The van der Waals surface area contributed by atoms with Gasteiger partial charge >= 0.3 is 5.91 Å². The summed E-state index contributed by atoms with van der Waals surface area (Å²) in [4.78, 5) is 11.2. The molecule has 0 unspecified atom stereocenters. The van der Waals surface area contributed by atoms with Crippen LogP contribution in [0.1, 0.15) is 29.2 Å². The summed E-state index contributed by atoms with van der Waals surface area (Å²) < 4.78 is 16.1. The van der Waals surface area contributed by atoms with Crippen LogP contribution in [0.25, 0.3) is 0 Å². The van der Waals surface area contributed by atoms with Crippen molar-refractivity contribution in [3.8, 4) is 0 Å². The molecule has 0 radical (unpaired) electrons. The molecule has 0 saturated carbocycles. The van der Waals surface area contributed by atoms with Crippen molar-refractivity contribution < 1.29 is 18.7 Å². The molecular formula is C12H18N2O4. The largest absolute Gasteiger partial charge is 0.453 e. The molecule has 0 aromatic carbocycles. The van der Waals surface area contributed by atoms with Gasteiger partial charge in [-0.1, -0.05) is 0 Å². The van der Waals surface area contributed by atoms with E-state index in [1.54, 1.807) is 12.1 Å². The number of rotatable bonds is 5. The molecule has 2 rings (SSSR count). The fourth-order valence-corrected chi connectivity index (χ4v) is 1.89. The first-order valence-electron chi connectivity index (χ1n) is 6.04. The van der Waals surface area contributed by atoms with Gasteiger partial charge in [0.2, 0.25) is 0 Å². The molecule has 100 valence electrons. The maximum absolute atomic E-state index is 11.2. The molecule has 0 atom stereocenters. The first-order valence-corrected chi connectivity index (χ1v) is 6.04. The second kappa shape index (κ2) is 6.53. The zero-order valence-electron chi connectivity index (χ0n) is 10.2. The van der Waals surface area contributed by atoms with Gasteiger partial charge in [0, 0.05) is 13.2 Å². The number of carbonyl (C=O) groups excluding carboxylic acids is 1. The summed E-state index contributed by atoms with van der Waals surface area (Å²) in [6.07, 6.45) is 2.08. The predicted octanol–water partition coefficient (Wildman–Crippen LogP) is 0.826. The summed E-state index contributed by atoms with van der Waals surface area (Å²) in [6, 6.07) is 3.30. The molecule has 1 aromatic heterocycles.